The molecule has 1 aliphatic heterocycles. The van der Waals surface area contributed by atoms with Crippen LogP contribution >= 0.6 is 0 Å². The van der Waals surface area contributed by atoms with E-state index in [1.54, 1.807) is 0 Å². The van der Waals surface area contributed by atoms with E-state index in [-0.39, 0.29) is 24.4 Å². The number of aliphatic hydroxyl groups excluding tert-OH is 1. The van der Waals surface area contributed by atoms with E-state index in [0.29, 0.717) is 6.42 Å². The molecule has 3 atom stereocenters. The largest absolute Gasteiger partial charge is 0.394 e. The number of rotatable bonds is 2. The third-order valence-corrected chi connectivity index (χ3v) is 2.74. The zero-order valence-electron chi connectivity index (χ0n) is 9.11. The molecule has 1 aliphatic rings. The molecule has 1 fully saturated rings. The molecule has 0 amide bonds. The summed E-state index contributed by atoms with van der Waals surface area (Å²) in [6, 6.07) is 1.50. The predicted octanol–water partition coefficient (Wildman–Crippen LogP) is -0.645. The lowest BCUT2D eigenvalue weighted by Crippen LogP contribution is -2.30. The second kappa shape index (κ2) is 4.57. The number of hydrogen-bond donors (Lipinski definition) is 2. The van der Waals surface area contributed by atoms with E-state index in [1.807, 2.05) is 0 Å². The molecule has 1 aromatic heterocycles. The third kappa shape index (κ3) is 2.16. The van der Waals surface area contributed by atoms with Crippen molar-refractivity contribution in [2.75, 3.05) is 12.3 Å². The van der Waals surface area contributed by atoms with Gasteiger partial charge in [-0.05, 0) is 12.5 Å². The van der Waals surface area contributed by atoms with Crippen LogP contribution in [0.1, 0.15) is 12.6 Å². The van der Waals surface area contributed by atoms with Gasteiger partial charge in [-0.1, -0.05) is 5.92 Å². The van der Waals surface area contributed by atoms with E-state index in [0.717, 1.165) is 0 Å². The molecule has 0 bridgehead atoms. The Bertz CT molecular complexity index is 505. The fourth-order valence-corrected chi connectivity index (χ4v) is 1.89. The van der Waals surface area contributed by atoms with Crippen LogP contribution in [-0.2, 0) is 4.74 Å². The van der Waals surface area contributed by atoms with Crippen LogP contribution in [0, 0.1) is 18.3 Å². The maximum atomic E-state index is 11.6. The van der Waals surface area contributed by atoms with Crippen LogP contribution in [0.5, 0.6) is 0 Å². The van der Waals surface area contributed by atoms with Crippen LogP contribution < -0.4 is 11.4 Å². The van der Waals surface area contributed by atoms with Gasteiger partial charge in [0.05, 0.1) is 18.6 Å². The number of aliphatic hydroxyl groups is 1. The van der Waals surface area contributed by atoms with E-state index in [1.165, 1.54) is 16.8 Å². The number of ether oxygens (including phenoxy) is 1. The summed E-state index contributed by atoms with van der Waals surface area (Å²) >= 11 is 0. The summed E-state index contributed by atoms with van der Waals surface area (Å²) in [6.07, 6.45) is 6.48. The van der Waals surface area contributed by atoms with Crippen LogP contribution in [-0.4, -0.2) is 27.4 Å². The number of terminal acetylenes is 1. The second-order valence-electron chi connectivity index (χ2n) is 3.88. The quantitative estimate of drug-likeness (QED) is 0.665. The monoisotopic (exact) mass is 235 g/mol. The van der Waals surface area contributed by atoms with Crippen LogP contribution in [0.3, 0.4) is 0 Å². The van der Waals surface area contributed by atoms with Gasteiger partial charge in [0, 0.05) is 6.20 Å². The number of aromatic nitrogens is 2. The van der Waals surface area contributed by atoms with Gasteiger partial charge in [-0.25, -0.2) is 4.79 Å². The molecular formula is C11H13N3O3. The topological polar surface area (TPSA) is 90.4 Å². The molecular weight excluding hydrogens is 222 g/mol. The van der Waals surface area contributed by atoms with Crippen molar-refractivity contribution < 1.29 is 9.84 Å². The van der Waals surface area contributed by atoms with Crippen molar-refractivity contribution in [2.24, 2.45) is 5.92 Å². The van der Waals surface area contributed by atoms with Crippen molar-refractivity contribution in [1.82, 2.24) is 9.55 Å². The lowest BCUT2D eigenvalue weighted by atomic mass is 10.0. The summed E-state index contributed by atoms with van der Waals surface area (Å²) < 4.78 is 6.81. The zero-order valence-corrected chi connectivity index (χ0v) is 9.11. The summed E-state index contributed by atoms with van der Waals surface area (Å²) in [5.74, 6) is 2.46. The molecule has 6 nitrogen and oxygen atoms in total. The molecule has 0 aliphatic carbocycles. The molecule has 0 saturated carbocycles. The highest BCUT2D eigenvalue weighted by Crippen LogP contribution is 2.32. The molecule has 6 heteroatoms. The lowest BCUT2D eigenvalue weighted by molar-refractivity contribution is -0.0303. The molecule has 2 rings (SSSR count). The van der Waals surface area contributed by atoms with E-state index in [4.69, 9.17) is 22.0 Å². The Hall–Kier alpha value is -1.84. The minimum absolute atomic E-state index is 0.119. The summed E-state index contributed by atoms with van der Waals surface area (Å²) in [5.41, 5.74) is 4.90. The number of nitrogens with two attached hydrogens (primary N) is 1. The lowest BCUT2D eigenvalue weighted by Gasteiger charge is -2.17. The van der Waals surface area contributed by atoms with E-state index >= 15 is 0 Å². The van der Waals surface area contributed by atoms with Crippen molar-refractivity contribution in [2.45, 2.75) is 18.8 Å². The standard InChI is InChI=1S/C11H13N3O3/c1-2-7-5-8(6-15)17-10(7)14-4-3-9(12)13-11(14)16/h1,3-4,7-8,10,15H,5-6H2,(H2,12,13,16)/t7-,8-,10+/m0/s1. The van der Waals surface area contributed by atoms with Crippen LogP contribution in [0.4, 0.5) is 5.82 Å². The molecule has 1 saturated heterocycles. The number of hydrogen-bond acceptors (Lipinski definition) is 5. The Morgan fingerprint density at radius 3 is 3.12 bits per heavy atom. The summed E-state index contributed by atoms with van der Waals surface area (Å²) in [7, 11) is 0. The Kier molecular flexibility index (Phi) is 3.13. The van der Waals surface area contributed by atoms with E-state index in [9.17, 15) is 4.79 Å². The van der Waals surface area contributed by atoms with Crippen molar-refractivity contribution in [3.63, 3.8) is 0 Å². The van der Waals surface area contributed by atoms with Crippen LogP contribution in [0.25, 0.3) is 0 Å². The molecule has 0 radical (unpaired) electrons. The van der Waals surface area contributed by atoms with E-state index in [2.05, 4.69) is 10.9 Å². The molecule has 3 N–H and O–H groups in total. The van der Waals surface area contributed by atoms with Gasteiger partial charge < -0.3 is 15.6 Å². The fourth-order valence-electron chi connectivity index (χ4n) is 1.89. The average molecular weight is 235 g/mol. The second-order valence-corrected chi connectivity index (χ2v) is 3.88. The van der Waals surface area contributed by atoms with Crippen molar-refractivity contribution in [1.29, 1.82) is 0 Å². The van der Waals surface area contributed by atoms with Crippen molar-refractivity contribution >= 4 is 5.82 Å². The van der Waals surface area contributed by atoms with Gasteiger partial charge in [0.15, 0.2) is 6.23 Å². The molecule has 90 valence electrons. The Labute approximate surface area is 98.0 Å². The normalized spacial score (nSPS) is 27.9. The maximum absolute atomic E-state index is 11.6. The number of nitrogen functional groups attached to an aromatic ring is 1. The van der Waals surface area contributed by atoms with Gasteiger partial charge in [-0.15, -0.1) is 6.42 Å². The first kappa shape index (κ1) is 11.6. The third-order valence-electron chi connectivity index (χ3n) is 2.74. The molecule has 2 heterocycles. The molecule has 17 heavy (non-hydrogen) atoms. The van der Waals surface area contributed by atoms with Gasteiger partial charge in [0.2, 0.25) is 0 Å². The van der Waals surface area contributed by atoms with Gasteiger partial charge in [0.1, 0.15) is 5.82 Å². The highest BCUT2D eigenvalue weighted by Gasteiger charge is 2.35. The first-order chi connectivity index (χ1) is 8.15. The van der Waals surface area contributed by atoms with Crippen LogP contribution in [0.15, 0.2) is 17.1 Å². The molecule has 0 aromatic carbocycles. The number of anilines is 1. The van der Waals surface area contributed by atoms with Gasteiger partial charge in [-0.2, -0.15) is 4.98 Å². The molecule has 0 unspecified atom stereocenters. The first-order valence-electron chi connectivity index (χ1n) is 5.23. The Morgan fingerprint density at radius 1 is 1.76 bits per heavy atom. The Morgan fingerprint density at radius 2 is 2.53 bits per heavy atom. The summed E-state index contributed by atoms with van der Waals surface area (Å²) in [5, 5.41) is 9.04. The van der Waals surface area contributed by atoms with Gasteiger partial charge in [0.25, 0.3) is 0 Å². The maximum Gasteiger partial charge on any atom is 0.351 e. The minimum atomic E-state index is -0.585. The summed E-state index contributed by atoms with van der Waals surface area (Å²) in [6.45, 7) is -0.119. The minimum Gasteiger partial charge on any atom is -0.394 e. The Balaban J connectivity index is 2.33. The predicted molar refractivity (Wildman–Crippen MR) is 60.8 cm³/mol. The van der Waals surface area contributed by atoms with Crippen molar-refractivity contribution in [3.8, 4) is 12.3 Å². The SMILES string of the molecule is C#C[C@H]1C[C@@H](CO)O[C@H]1n1ccc(N)nc1=O. The first-order valence-corrected chi connectivity index (χ1v) is 5.23. The highest BCUT2D eigenvalue weighted by molar-refractivity contribution is 5.23. The smallest absolute Gasteiger partial charge is 0.351 e. The van der Waals surface area contributed by atoms with Crippen molar-refractivity contribution in [3.05, 3.63) is 22.7 Å². The van der Waals surface area contributed by atoms with Crippen LogP contribution in [0.2, 0.25) is 0 Å². The average Bonchev–Trinajstić information content (AvgIpc) is 2.72. The molecule has 0 spiro atoms. The molecule has 1 aromatic rings. The van der Waals surface area contributed by atoms with Gasteiger partial charge in [-0.3, -0.25) is 4.57 Å². The zero-order chi connectivity index (χ0) is 12.4. The van der Waals surface area contributed by atoms with E-state index < -0.39 is 11.9 Å². The summed E-state index contributed by atoms with van der Waals surface area (Å²) in [4.78, 5) is 15.3. The highest BCUT2D eigenvalue weighted by atomic mass is 16.5. The van der Waals surface area contributed by atoms with Gasteiger partial charge >= 0.3 is 5.69 Å². The number of nitrogens with zero attached hydrogens (tertiary/aromatic N) is 2. The fraction of sp³-hybridized carbons (Fsp3) is 0.455.